The Balaban J connectivity index is 2.84. The first-order valence-electron chi connectivity index (χ1n) is 4.50. The van der Waals surface area contributed by atoms with Gasteiger partial charge in [0.25, 0.3) is 5.91 Å². The number of nitrogens with zero attached hydrogens (tertiary/aromatic N) is 1. The highest BCUT2D eigenvalue weighted by Gasteiger charge is 2.33. The van der Waals surface area contributed by atoms with Crippen LogP contribution < -0.4 is 0 Å². The van der Waals surface area contributed by atoms with Gasteiger partial charge in [-0.05, 0) is 11.4 Å². The summed E-state index contributed by atoms with van der Waals surface area (Å²) in [7, 11) is 0. The molecule has 0 spiro atoms. The molecule has 0 bridgehead atoms. The maximum Gasteiger partial charge on any atom is 0.406 e. The van der Waals surface area contributed by atoms with Crippen LogP contribution in [0.1, 0.15) is 9.67 Å². The summed E-state index contributed by atoms with van der Waals surface area (Å²) < 4.78 is 36.9. The summed E-state index contributed by atoms with van der Waals surface area (Å²) in [5.41, 5.74) is 0. The van der Waals surface area contributed by atoms with E-state index in [1.165, 1.54) is 6.07 Å². The molecule has 2 nitrogen and oxygen atoms in total. The van der Waals surface area contributed by atoms with E-state index in [2.05, 4.69) is 15.9 Å². The van der Waals surface area contributed by atoms with Gasteiger partial charge in [-0.2, -0.15) is 13.2 Å². The van der Waals surface area contributed by atoms with Gasteiger partial charge in [-0.3, -0.25) is 4.79 Å². The molecule has 0 aliphatic rings. The Bertz CT molecular complexity index is 396. The predicted octanol–water partition coefficient (Wildman–Crippen LogP) is 3.80. The molecule has 0 fully saturated rings. The molecule has 0 radical (unpaired) electrons. The van der Waals surface area contributed by atoms with Crippen molar-refractivity contribution in [1.82, 2.24) is 4.90 Å². The molecule has 1 rings (SSSR count). The van der Waals surface area contributed by atoms with Crippen LogP contribution in [0.15, 0.2) is 11.4 Å². The van der Waals surface area contributed by atoms with Crippen molar-refractivity contribution in [3.8, 4) is 0 Å². The zero-order valence-electron chi connectivity index (χ0n) is 8.43. The molecule has 96 valence electrons. The molecule has 0 N–H and O–H groups in total. The number of hydrogen-bond acceptors (Lipinski definition) is 2. The highest BCUT2D eigenvalue weighted by atomic mass is 79.9. The molecule has 0 saturated heterocycles. The Morgan fingerprint density at radius 1 is 1.53 bits per heavy atom. The third-order valence-electron chi connectivity index (χ3n) is 1.82. The molecule has 1 amide bonds. The summed E-state index contributed by atoms with van der Waals surface area (Å²) in [5.74, 6) is -0.693. The first-order chi connectivity index (χ1) is 7.85. The van der Waals surface area contributed by atoms with Gasteiger partial charge in [-0.1, -0.05) is 27.5 Å². The van der Waals surface area contributed by atoms with Crippen molar-refractivity contribution in [2.75, 3.05) is 18.4 Å². The lowest BCUT2D eigenvalue weighted by Gasteiger charge is -2.22. The molecule has 1 heterocycles. The van der Waals surface area contributed by atoms with Crippen molar-refractivity contribution >= 4 is 44.8 Å². The second-order valence-corrected chi connectivity index (χ2v) is 5.24. The van der Waals surface area contributed by atoms with E-state index in [0.29, 0.717) is 0 Å². The quantitative estimate of drug-likeness (QED) is 0.756. The number of rotatable bonds is 4. The Kier molecular flexibility index (Phi) is 5.27. The fraction of sp³-hybridized carbons (Fsp3) is 0.444. The van der Waals surface area contributed by atoms with Crippen molar-refractivity contribution in [3.63, 3.8) is 0 Å². The van der Waals surface area contributed by atoms with Crippen molar-refractivity contribution < 1.29 is 18.0 Å². The van der Waals surface area contributed by atoms with Gasteiger partial charge < -0.3 is 4.90 Å². The second-order valence-electron chi connectivity index (χ2n) is 3.13. The van der Waals surface area contributed by atoms with E-state index in [9.17, 15) is 18.0 Å². The topological polar surface area (TPSA) is 20.3 Å². The predicted molar refractivity (Wildman–Crippen MR) is 65.1 cm³/mol. The standard InChI is InChI=1S/C9H8BrClF3NOS/c10-2-3-15(5-9(12,13)14)8(16)7-6(11)1-4-17-7/h1,4H,2-3,5H2. The van der Waals surface area contributed by atoms with E-state index in [0.717, 1.165) is 16.2 Å². The van der Waals surface area contributed by atoms with Crippen LogP contribution in [-0.4, -0.2) is 35.4 Å². The lowest BCUT2D eigenvalue weighted by atomic mass is 10.3. The third-order valence-corrected chi connectivity index (χ3v) is 3.51. The van der Waals surface area contributed by atoms with Gasteiger partial charge in [0.2, 0.25) is 0 Å². The molecule has 0 aliphatic carbocycles. The van der Waals surface area contributed by atoms with Crippen LogP contribution in [0.5, 0.6) is 0 Å². The Labute approximate surface area is 113 Å². The molecule has 17 heavy (non-hydrogen) atoms. The summed E-state index contributed by atoms with van der Waals surface area (Å²) in [6, 6.07) is 1.49. The van der Waals surface area contributed by atoms with Gasteiger partial charge in [0, 0.05) is 11.9 Å². The van der Waals surface area contributed by atoms with Crippen LogP contribution >= 0.6 is 38.9 Å². The van der Waals surface area contributed by atoms with Crippen LogP contribution in [0.3, 0.4) is 0 Å². The maximum atomic E-state index is 12.3. The number of hydrogen-bond donors (Lipinski definition) is 0. The zero-order chi connectivity index (χ0) is 13.1. The van der Waals surface area contributed by atoms with Gasteiger partial charge >= 0.3 is 6.18 Å². The Morgan fingerprint density at radius 3 is 2.59 bits per heavy atom. The number of carbonyl (C=O) groups is 1. The summed E-state index contributed by atoms with van der Waals surface area (Å²) in [5, 5.41) is 2.02. The SMILES string of the molecule is O=C(c1sccc1Cl)N(CCBr)CC(F)(F)F. The molecule has 1 aromatic heterocycles. The van der Waals surface area contributed by atoms with Gasteiger partial charge in [0.1, 0.15) is 11.4 Å². The number of amides is 1. The van der Waals surface area contributed by atoms with Gasteiger partial charge in [-0.15, -0.1) is 11.3 Å². The Hall–Kier alpha value is -0.270. The molecule has 1 aromatic rings. The van der Waals surface area contributed by atoms with Crippen LogP contribution in [0.25, 0.3) is 0 Å². The molecular formula is C9H8BrClF3NOS. The van der Waals surface area contributed by atoms with Crippen LogP contribution in [0.2, 0.25) is 5.02 Å². The number of alkyl halides is 4. The lowest BCUT2D eigenvalue weighted by molar-refractivity contribution is -0.140. The fourth-order valence-corrected chi connectivity index (χ4v) is 2.69. The molecule has 0 atom stereocenters. The normalized spacial score (nSPS) is 11.6. The highest BCUT2D eigenvalue weighted by Crippen LogP contribution is 2.25. The van der Waals surface area contributed by atoms with E-state index >= 15 is 0 Å². The van der Waals surface area contributed by atoms with E-state index in [4.69, 9.17) is 11.6 Å². The molecule has 0 saturated carbocycles. The summed E-state index contributed by atoms with van der Waals surface area (Å²) in [4.78, 5) is 12.7. The van der Waals surface area contributed by atoms with E-state index in [-0.39, 0.29) is 21.8 Å². The highest BCUT2D eigenvalue weighted by molar-refractivity contribution is 9.09. The first kappa shape index (κ1) is 14.8. The van der Waals surface area contributed by atoms with Crippen molar-refractivity contribution in [2.45, 2.75) is 6.18 Å². The molecular weight excluding hydrogens is 343 g/mol. The number of halogens is 5. The van der Waals surface area contributed by atoms with Crippen LogP contribution in [0, 0.1) is 0 Å². The minimum Gasteiger partial charge on any atom is -0.328 e. The Morgan fingerprint density at radius 2 is 2.18 bits per heavy atom. The minimum atomic E-state index is -4.42. The van der Waals surface area contributed by atoms with E-state index < -0.39 is 18.6 Å². The monoisotopic (exact) mass is 349 g/mol. The summed E-state index contributed by atoms with van der Waals surface area (Å²) in [6.07, 6.45) is -4.42. The molecule has 0 aromatic carbocycles. The third kappa shape index (κ3) is 4.48. The molecule has 0 unspecified atom stereocenters. The minimum absolute atomic E-state index is 0.0213. The van der Waals surface area contributed by atoms with Gasteiger partial charge in [0.15, 0.2) is 0 Å². The lowest BCUT2D eigenvalue weighted by Crippen LogP contribution is -2.39. The largest absolute Gasteiger partial charge is 0.406 e. The van der Waals surface area contributed by atoms with E-state index in [1.54, 1.807) is 5.38 Å². The van der Waals surface area contributed by atoms with Crippen LogP contribution in [-0.2, 0) is 0 Å². The van der Waals surface area contributed by atoms with E-state index in [1.807, 2.05) is 0 Å². The van der Waals surface area contributed by atoms with Crippen molar-refractivity contribution in [1.29, 1.82) is 0 Å². The average molecular weight is 351 g/mol. The fourth-order valence-electron chi connectivity index (χ4n) is 1.16. The maximum absolute atomic E-state index is 12.3. The molecule has 0 aliphatic heterocycles. The van der Waals surface area contributed by atoms with Crippen molar-refractivity contribution in [2.24, 2.45) is 0 Å². The second kappa shape index (κ2) is 6.06. The average Bonchev–Trinajstić information content (AvgIpc) is 2.61. The summed E-state index contributed by atoms with van der Waals surface area (Å²) in [6.45, 7) is -1.29. The zero-order valence-corrected chi connectivity index (χ0v) is 11.6. The van der Waals surface area contributed by atoms with Gasteiger partial charge in [0.05, 0.1) is 5.02 Å². The van der Waals surface area contributed by atoms with Crippen LogP contribution in [0.4, 0.5) is 13.2 Å². The van der Waals surface area contributed by atoms with Gasteiger partial charge in [-0.25, -0.2) is 0 Å². The molecule has 8 heteroatoms. The number of thiophene rings is 1. The summed E-state index contributed by atoms with van der Waals surface area (Å²) >= 11 is 9.77. The number of carbonyl (C=O) groups excluding carboxylic acids is 1. The van der Waals surface area contributed by atoms with Crippen molar-refractivity contribution in [3.05, 3.63) is 21.3 Å². The smallest absolute Gasteiger partial charge is 0.328 e. The first-order valence-corrected chi connectivity index (χ1v) is 6.88.